The van der Waals surface area contributed by atoms with E-state index in [4.69, 9.17) is 9.97 Å². The summed E-state index contributed by atoms with van der Waals surface area (Å²) in [6.45, 7) is 4.73. The van der Waals surface area contributed by atoms with Crippen LogP contribution in [0.2, 0.25) is 0 Å². The SMILES string of the molecule is CC1(C)c2ccccc2-c2c(-c3c4ccccc4c(-c4ccc5nc(-c6ccccc6)c(-c6ccccc6)nc5c4)c4ccc(-c5ccccc5)cc34)cccc21. The van der Waals surface area contributed by atoms with E-state index in [-0.39, 0.29) is 5.41 Å². The van der Waals surface area contributed by atoms with Crippen molar-refractivity contribution in [2.75, 3.05) is 0 Å². The van der Waals surface area contributed by atoms with Gasteiger partial charge in [-0.05, 0) is 95.4 Å². The third-order valence-electron chi connectivity index (χ3n) is 12.1. The highest BCUT2D eigenvalue weighted by molar-refractivity contribution is 6.23. The molecule has 0 saturated carbocycles. The number of aromatic nitrogens is 2. The van der Waals surface area contributed by atoms with Gasteiger partial charge in [-0.1, -0.05) is 190 Å². The highest BCUT2D eigenvalue weighted by Crippen LogP contribution is 2.54. The molecule has 0 fully saturated rings. The minimum Gasteiger partial charge on any atom is -0.244 e. The molecule has 0 unspecified atom stereocenters. The zero-order chi connectivity index (χ0) is 38.1. The van der Waals surface area contributed by atoms with E-state index in [0.29, 0.717) is 0 Å². The minimum atomic E-state index is -0.103. The van der Waals surface area contributed by atoms with Crippen LogP contribution in [0.5, 0.6) is 0 Å². The van der Waals surface area contributed by atoms with Crippen LogP contribution in [0.4, 0.5) is 0 Å². The summed E-state index contributed by atoms with van der Waals surface area (Å²) in [6, 6.07) is 70.1. The van der Waals surface area contributed by atoms with Crippen LogP contribution in [0, 0.1) is 0 Å². The van der Waals surface area contributed by atoms with Crippen LogP contribution in [-0.2, 0) is 5.41 Å². The number of rotatable bonds is 5. The van der Waals surface area contributed by atoms with Crippen molar-refractivity contribution in [2.24, 2.45) is 0 Å². The van der Waals surface area contributed by atoms with E-state index in [0.717, 1.165) is 39.1 Å². The largest absolute Gasteiger partial charge is 0.244 e. The lowest BCUT2D eigenvalue weighted by Gasteiger charge is -2.23. The van der Waals surface area contributed by atoms with Crippen molar-refractivity contribution in [2.45, 2.75) is 19.3 Å². The van der Waals surface area contributed by atoms with Gasteiger partial charge < -0.3 is 0 Å². The molecule has 0 atom stereocenters. The van der Waals surface area contributed by atoms with Gasteiger partial charge in [0.1, 0.15) is 0 Å². The van der Waals surface area contributed by atoms with Crippen LogP contribution in [0.3, 0.4) is 0 Å². The highest BCUT2D eigenvalue weighted by atomic mass is 14.8. The summed E-state index contributed by atoms with van der Waals surface area (Å²) in [6.07, 6.45) is 0. The molecule has 2 nitrogen and oxygen atoms in total. The normalized spacial score (nSPS) is 12.9. The Morgan fingerprint density at radius 1 is 0.316 bits per heavy atom. The van der Waals surface area contributed by atoms with Gasteiger partial charge in [-0.25, -0.2) is 9.97 Å². The van der Waals surface area contributed by atoms with Gasteiger partial charge >= 0.3 is 0 Å². The summed E-state index contributed by atoms with van der Waals surface area (Å²) >= 11 is 0. The Morgan fingerprint density at radius 2 is 0.842 bits per heavy atom. The number of nitrogens with zero attached hydrogens (tertiary/aromatic N) is 2. The van der Waals surface area contributed by atoms with Gasteiger partial charge in [0, 0.05) is 16.5 Å². The first kappa shape index (κ1) is 33.2. The van der Waals surface area contributed by atoms with Crippen LogP contribution in [0.1, 0.15) is 25.0 Å². The van der Waals surface area contributed by atoms with Gasteiger partial charge in [-0.3, -0.25) is 0 Å². The molecule has 0 radical (unpaired) electrons. The standard InChI is InChI=1S/C55H38N2/c1-55(2)46-27-15-14-25-43(46)52-44(26-16-28-47(52)55)51-41-24-13-12-23-40(41)50(42-31-29-38(33-45(42)51)35-17-6-3-7-18-35)39-30-32-48-49(34-39)57-54(37-21-10-5-11-22-37)53(56-48)36-19-8-4-9-20-36/h3-34H,1-2H3. The quantitative estimate of drug-likeness (QED) is 0.165. The molecule has 1 aliphatic rings. The molecule has 0 aliphatic heterocycles. The predicted octanol–water partition coefficient (Wildman–Crippen LogP) is 14.6. The number of fused-ring (bicyclic) bond motifs is 6. The van der Waals surface area contributed by atoms with Crippen molar-refractivity contribution in [1.29, 1.82) is 0 Å². The molecule has 0 bridgehead atoms. The molecular formula is C55H38N2. The van der Waals surface area contributed by atoms with Crippen molar-refractivity contribution in [1.82, 2.24) is 9.97 Å². The molecule has 1 aromatic heterocycles. The Labute approximate surface area is 332 Å². The fourth-order valence-electron chi connectivity index (χ4n) is 9.36. The third kappa shape index (κ3) is 5.25. The second kappa shape index (κ2) is 13.0. The Hall–Kier alpha value is -7.16. The van der Waals surface area contributed by atoms with Gasteiger partial charge in [0.15, 0.2) is 0 Å². The predicted molar refractivity (Wildman–Crippen MR) is 239 cm³/mol. The van der Waals surface area contributed by atoms with Crippen molar-refractivity contribution in [3.05, 3.63) is 205 Å². The second-order valence-corrected chi connectivity index (χ2v) is 15.7. The summed E-state index contributed by atoms with van der Waals surface area (Å²) < 4.78 is 0. The first-order valence-electron chi connectivity index (χ1n) is 19.8. The van der Waals surface area contributed by atoms with Crippen LogP contribution in [-0.4, -0.2) is 9.97 Å². The molecule has 57 heavy (non-hydrogen) atoms. The topological polar surface area (TPSA) is 25.8 Å². The lowest BCUT2D eigenvalue weighted by atomic mass is 9.80. The summed E-state index contributed by atoms with van der Waals surface area (Å²) in [5.41, 5.74) is 18.2. The summed E-state index contributed by atoms with van der Waals surface area (Å²) in [5, 5.41) is 4.89. The molecule has 0 amide bonds. The van der Waals surface area contributed by atoms with E-state index < -0.39 is 0 Å². The van der Waals surface area contributed by atoms with Crippen LogP contribution in [0.25, 0.3) is 99.6 Å². The van der Waals surface area contributed by atoms with E-state index in [9.17, 15) is 0 Å². The molecule has 1 heterocycles. The molecule has 11 rings (SSSR count). The number of hydrogen-bond acceptors (Lipinski definition) is 2. The maximum atomic E-state index is 5.40. The fourth-order valence-corrected chi connectivity index (χ4v) is 9.36. The van der Waals surface area contributed by atoms with Crippen LogP contribution < -0.4 is 0 Å². The molecule has 1 aliphatic carbocycles. The smallest absolute Gasteiger partial charge is 0.0973 e. The molecule has 0 N–H and O–H groups in total. The first-order chi connectivity index (χ1) is 28.0. The average Bonchev–Trinajstić information content (AvgIpc) is 3.51. The molecule has 0 spiro atoms. The monoisotopic (exact) mass is 726 g/mol. The van der Waals surface area contributed by atoms with Crippen molar-refractivity contribution in [3.63, 3.8) is 0 Å². The molecule has 2 heteroatoms. The number of hydrogen-bond donors (Lipinski definition) is 0. The van der Waals surface area contributed by atoms with Gasteiger partial charge in [0.05, 0.1) is 22.4 Å². The van der Waals surface area contributed by atoms with E-state index in [1.807, 2.05) is 12.1 Å². The molecule has 268 valence electrons. The van der Waals surface area contributed by atoms with E-state index in [1.165, 1.54) is 71.6 Å². The van der Waals surface area contributed by atoms with Gasteiger partial charge in [0.2, 0.25) is 0 Å². The Kier molecular flexibility index (Phi) is 7.55. The lowest BCUT2D eigenvalue weighted by Crippen LogP contribution is -2.14. The molecule has 0 saturated heterocycles. The summed E-state index contributed by atoms with van der Waals surface area (Å²) in [4.78, 5) is 10.7. The van der Waals surface area contributed by atoms with Gasteiger partial charge in [-0.2, -0.15) is 0 Å². The van der Waals surface area contributed by atoms with Crippen molar-refractivity contribution in [3.8, 4) is 67.0 Å². The summed E-state index contributed by atoms with van der Waals surface area (Å²) in [5.74, 6) is 0. The summed E-state index contributed by atoms with van der Waals surface area (Å²) in [7, 11) is 0. The van der Waals surface area contributed by atoms with E-state index in [2.05, 4.69) is 196 Å². The van der Waals surface area contributed by atoms with E-state index in [1.54, 1.807) is 0 Å². The lowest BCUT2D eigenvalue weighted by molar-refractivity contribution is 0.660. The zero-order valence-electron chi connectivity index (χ0n) is 31.9. The fraction of sp³-hybridized carbons (Fsp3) is 0.0545. The van der Waals surface area contributed by atoms with Crippen LogP contribution >= 0.6 is 0 Å². The Morgan fingerprint density at radius 3 is 1.54 bits per heavy atom. The van der Waals surface area contributed by atoms with E-state index >= 15 is 0 Å². The highest BCUT2D eigenvalue weighted by Gasteiger charge is 2.37. The molecule has 10 aromatic rings. The third-order valence-corrected chi connectivity index (χ3v) is 12.1. The maximum Gasteiger partial charge on any atom is 0.0973 e. The van der Waals surface area contributed by atoms with Crippen molar-refractivity contribution >= 4 is 32.6 Å². The van der Waals surface area contributed by atoms with Crippen molar-refractivity contribution < 1.29 is 0 Å². The molecular weight excluding hydrogens is 689 g/mol. The first-order valence-corrected chi connectivity index (χ1v) is 19.8. The Balaban J connectivity index is 1.22. The number of benzene rings is 9. The molecule has 9 aromatic carbocycles. The van der Waals surface area contributed by atoms with Crippen LogP contribution in [0.15, 0.2) is 194 Å². The maximum absolute atomic E-state index is 5.40. The Bertz CT molecular complexity index is 3180. The zero-order valence-corrected chi connectivity index (χ0v) is 31.9. The average molecular weight is 727 g/mol. The minimum absolute atomic E-state index is 0.103. The second-order valence-electron chi connectivity index (χ2n) is 15.7. The van der Waals surface area contributed by atoms with Gasteiger partial charge in [-0.15, -0.1) is 0 Å². The van der Waals surface area contributed by atoms with Gasteiger partial charge in [0.25, 0.3) is 0 Å².